The number of phenolic OH excluding ortho intramolecular Hbond substituents is 1. The van der Waals surface area contributed by atoms with Gasteiger partial charge >= 0.3 is 12.0 Å². The molecule has 0 aromatic heterocycles. The highest BCUT2D eigenvalue weighted by Crippen LogP contribution is 2.25. The fraction of sp³-hybridized carbons (Fsp3) is 0.429. The SMILES string of the molecule is O=C(O)c1ccc(NC(=O)N2CCC(CO)CC2)c(O)c1. The van der Waals surface area contributed by atoms with Crippen molar-refractivity contribution >= 4 is 17.7 Å². The Bertz CT molecular complexity index is 538. The highest BCUT2D eigenvalue weighted by Gasteiger charge is 2.22. The number of anilines is 1. The lowest BCUT2D eigenvalue weighted by Crippen LogP contribution is -2.41. The van der Waals surface area contributed by atoms with E-state index in [2.05, 4.69) is 5.32 Å². The predicted molar refractivity (Wildman–Crippen MR) is 75.5 cm³/mol. The molecular formula is C14H18N2O5. The minimum atomic E-state index is -1.14. The van der Waals surface area contributed by atoms with Crippen LogP contribution in [0.4, 0.5) is 10.5 Å². The first-order valence-corrected chi connectivity index (χ1v) is 6.74. The van der Waals surface area contributed by atoms with E-state index in [1.54, 1.807) is 4.90 Å². The number of aliphatic hydroxyl groups is 1. The predicted octanol–water partition coefficient (Wildman–Crippen LogP) is 1.33. The zero-order chi connectivity index (χ0) is 15.4. The average Bonchev–Trinajstić information content (AvgIpc) is 2.49. The van der Waals surface area contributed by atoms with Crippen LogP contribution >= 0.6 is 0 Å². The number of nitrogens with one attached hydrogen (secondary N) is 1. The minimum absolute atomic E-state index is 0.0470. The van der Waals surface area contributed by atoms with E-state index in [9.17, 15) is 14.7 Å². The summed E-state index contributed by atoms with van der Waals surface area (Å²) in [5, 5.41) is 30.2. The monoisotopic (exact) mass is 294 g/mol. The van der Waals surface area contributed by atoms with Gasteiger partial charge in [0.2, 0.25) is 0 Å². The number of amides is 2. The van der Waals surface area contributed by atoms with Gasteiger partial charge in [0.05, 0.1) is 11.3 Å². The number of rotatable bonds is 3. The van der Waals surface area contributed by atoms with Crippen LogP contribution in [-0.2, 0) is 0 Å². The zero-order valence-electron chi connectivity index (χ0n) is 11.5. The third-order valence-electron chi connectivity index (χ3n) is 3.65. The summed E-state index contributed by atoms with van der Waals surface area (Å²) in [6, 6.07) is 3.42. The topological polar surface area (TPSA) is 110 Å². The van der Waals surface area contributed by atoms with Crippen LogP contribution in [0.5, 0.6) is 5.75 Å². The van der Waals surface area contributed by atoms with Crippen molar-refractivity contribution in [3.8, 4) is 5.75 Å². The number of aromatic hydroxyl groups is 1. The van der Waals surface area contributed by atoms with Gasteiger partial charge in [-0.15, -0.1) is 0 Å². The highest BCUT2D eigenvalue weighted by atomic mass is 16.4. The molecule has 0 saturated carbocycles. The molecule has 0 radical (unpaired) electrons. The normalized spacial score (nSPS) is 15.8. The molecule has 1 aliphatic rings. The largest absolute Gasteiger partial charge is 0.506 e. The summed E-state index contributed by atoms with van der Waals surface area (Å²) >= 11 is 0. The molecule has 0 aliphatic carbocycles. The summed E-state index contributed by atoms with van der Waals surface area (Å²) in [4.78, 5) is 24.4. The Morgan fingerprint density at radius 3 is 2.48 bits per heavy atom. The second-order valence-electron chi connectivity index (χ2n) is 5.08. The van der Waals surface area contributed by atoms with Crippen LogP contribution in [-0.4, -0.2) is 51.9 Å². The van der Waals surface area contributed by atoms with E-state index in [4.69, 9.17) is 10.2 Å². The van der Waals surface area contributed by atoms with Crippen LogP contribution < -0.4 is 5.32 Å². The summed E-state index contributed by atoms with van der Waals surface area (Å²) in [7, 11) is 0. The van der Waals surface area contributed by atoms with Crippen LogP contribution in [0.2, 0.25) is 0 Å². The van der Waals surface area contributed by atoms with E-state index in [1.165, 1.54) is 12.1 Å². The first kappa shape index (κ1) is 15.1. The number of aromatic carboxylic acids is 1. The van der Waals surface area contributed by atoms with E-state index in [1.807, 2.05) is 0 Å². The lowest BCUT2D eigenvalue weighted by Gasteiger charge is -2.31. The molecule has 1 aliphatic heterocycles. The second-order valence-corrected chi connectivity index (χ2v) is 5.08. The maximum Gasteiger partial charge on any atom is 0.335 e. The molecule has 21 heavy (non-hydrogen) atoms. The summed E-state index contributed by atoms with van der Waals surface area (Å²) in [5.41, 5.74) is 0.128. The molecule has 1 heterocycles. The van der Waals surface area contributed by atoms with Gasteiger partial charge in [-0.2, -0.15) is 0 Å². The molecule has 2 amide bonds. The van der Waals surface area contributed by atoms with Crippen LogP contribution in [0.1, 0.15) is 23.2 Å². The number of carboxylic acid groups (broad SMARTS) is 1. The number of urea groups is 1. The molecular weight excluding hydrogens is 276 g/mol. The summed E-state index contributed by atoms with van der Waals surface area (Å²) < 4.78 is 0. The van der Waals surface area contributed by atoms with Crippen LogP contribution in [0.15, 0.2) is 18.2 Å². The molecule has 1 aromatic rings. The Balaban J connectivity index is 1.98. The molecule has 114 valence electrons. The van der Waals surface area contributed by atoms with E-state index in [0.29, 0.717) is 13.1 Å². The molecule has 0 bridgehead atoms. The number of nitrogens with zero attached hydrogens (tertiary/aromatic N) is 1. The van der Waals surface area contributed by atoms with E-state index < -0.39 is 5.97 Å². The average molecular weight is 294 g/mol. The standard InChI is InChI=1S/C14H18N2O5/c17-8-9-3-5-16(6-4-9)14(21)15-11-2-1-10(13(19)20)7-12(11)18/h1-2,7,9,17-18H,3-6,8H2,(H,15,21)(H,19,20). The van der Waals surface area contributed by atoms with Gasteiger partial charge < -0.3 is 25.5 Å². The first-order chi connectivity index (χ1) is 10.0. The van der Waals surface area contributed by atoms with Crippen molar-refractivity contribution in [1.82, 2.24) is 4.90 Å². The highest BCUT2D eigenvalue weighted by molar-refractivity contribution is 5.93. The smallest absolute Gasteiger partial charge is 0.335 e. The number of hydrogen-bond acceptors (Lipinski definition) is 4. The Morgan fingerprint density at radius 1 is 1.29 bits per heavy atom. The van der Waals surface area contributed by atoms with Gasteiger partial charge in [0.25, 0.3) is 0 Å². The number of benzene rings is 1. The van der Waals surface area contributed by atoms with Gasteiger partial charge in [-0.25, -0.2) is 9.59 Å². The maximum atomic E-state index is 12.1. The first-order valence-electron chi connectivity index (χ1n) is 6.74. The molecule has 2 rings (SSSR count). The van der Waals surface area contributed by atoms with Gasteiger partial charge in [0.1, 0.15) is 5.75 Å². The Morgan fingerprint density at radius 2 is 1.95 bits per heavy atom. The molecule has 1 aromatic carbocycles. The molecule has 0 unspecified atom stereocenters. The lowest BCUT2D eigenvalue weighted by molar-refractivity contribution is 0.0696. The van der Waals surface area contributed by atoms with Gasteiger partial charge in [0, 0.05) is 19.7 Å². The van der Waals surface area contributed by atoms with Crippen LogP contribution in [0.25, 0.3) is 0 Å². The number of hydrogen-bond donors (Lipinski definition) is 4. The van der Waals surface area contributed by atoms with Gasteiger partial charge in [-0.3, -0.25) is 0 Å². The van der Waals surface area contributed by atoms with Crippen molar-refractivity contribution in [2.75, 3.05) is 25.0 Å². The third-order valence-corrected chi connectivity index (χ3v) is 3.65. The van der Waals surface area contributed by atoms with Crippen molar-refractivity contribution in [3.63, 3.8) is 0 Å². The molecule has 1 saturated heterocycles. The Kier molecular flexibility index (Phi) is 4.64. The number of aliphatic hydroxyl groups excluding tert-OH is 1. The van der Waals surface area contributed by atoms with Crippen molar-refractivity contribution < 1.29 is 24.9 Å². The van der Waals surface area contributed by atoms with E-state index in [0.717, 1.165) is 18.9 Å². The minimum Gasteiger partial charge on any atom is -0.506 e. The summed E-state index contributed by atoms with van der Waals surface area (Å²) in [5.74, 6) is -1.19. The van der Waals surface area contributed by atoms with Crippen molar-refractivity contribution in [1.29, 1.82) is 0 Å². The molecule has 7 heteroatoms. The lowest BCUT2D eigenvalue weighted by atomic mass is 9.98. The fourth-order valence-electron chi connectivity index (χ4n) is 2.28. The maximum absolute atomic E-state index is 12.1. The van der Waals surface area contributed by atoms with Crippen molar-refractivity contribution in [3.05, 3.63) is 23.8 Å². The van der Waals surface area contributed by atoms with Crippen LogP contribution in [0.3, 0.4) is 0 Å². The van der Waals surface area contributed by atoms with E-state index in [-0.39, 0.29) is 35.6 Å². The molecule has 0 atom stereocenters. The number of carbonyl (C=O) groups excluding carboxylic acids is 1. The second kappa shape index (κ2) is 6.45. The Hall–Kier alpha value is -2.28. The fourth-order valence-corrected chi connectivity index (χ4v) is 2.28. The Labute approximate surface area is 121 Å². The van der Waals surface area contributed by atoms with Gasteiger partial charge in [-0.1, -0.05) is 0 Å². The van der Waals surface area contributed by atoms with Gasteiger partial charge in [-0.05, 0) is 37.0 Å². The van der Waals surface area contributed by atoms with Gasteiger partial charge in [0.15, 0.2) is 0 Å². The quantitative estimate of drug-likeness (QED) is 0.629. The van der Waals surface area contributed by atoms with E-state index >= 15 is 0 Å². The van der Waals surface area contributed by atoms with Crippen molar-refractivity contribution in [2.45, 2.75) is 12.8 Å². The van der Waals surface area contributed by atoms with Crippen molar-refractivity contribution in [2.24, 2.45) is 5.92 Å². The summed E-state index contributed by atoms with van der Waals surface area (Å²) in [6.07, 6.45) is 1.49. The zero-order valence-corrected chi connectivity index (χ0v) is 11.5. The third kappa shape index (κ3) is 3.63. The molecule has 7 nitrogen and oxygen atoms in total. The van der Waals surface area contributed by atoms with Crippen LogP contribution in [0, 0.1) is 5.92 Å². The number of likely N-dealkylation sites (tertiary alicyclic amines) is 1. The molecule has 1 fully saturated rings. The molecule has 4 N–H and O–H groups in total. The number of phenols is 1. The number of carbonyl (C=O) groups is 2. The number of piperidine rings is 1. The number of carboxylic acids is 1. The molecule has 0 spiro atoms. The summed E-state index contributed by atoms with van der Waals surface area (Å²) in [6.45, 7) is 1.23.